The Morgan fingerprint density at radius 3 is 2.44 bits per heavy atom. The maximum absolute atomic E-state index is 13.5. The van der Waals surface area contributed by atoms with E-state index in [1.165, 1.54) is 13.0 Å². The molecule has 0 heterocycles. The molecule has 0 aliphatic heterocycles. The van der Waals surface area contributed by atoms with Gasteiger partial charge in [0.2, 0.25) is 5.91 Å². The molecule has 2 N–H and O–H groups in total. The summed E-state index contributed by atoms with van der Waals surface area (Å²) >= 11 is 0. The second kappa shape index (κ2) is 8.84. The van der Waals surface area contributed by atoms with Crippen LogP contribution in [0.5, 0.6) is 5.75 Å². The van der Waals surface area contributed by atoms with Crippen LogP contribution >= 0.6 is 0 Å². The first-order chi connectivity index (χ1) is 12.8. The van der Waals surface area contributed by atoms with E-state index in [9.17, 15) is 27.6 Å². The number of hydrogen-bond acceptors (Lipinski definition) is 4. The van der Waals surface area contributed by atoms with Crippen LogP contribution < -0.4 is 15.4 Å². The number of benzene rings is 2. The Morgan fingerprint density at radius 2 is 1.74 bits per heavy atom. The van der Waals surface area contributed by atoms with Gasteiger partial charge in [0.25, 0.3) is 5.91 Å². The Morgan fingerprint density at radius 1 is 1.00 bits per heavy atom. The molecule has 0 aliphatic carbocycles. The van der Waals surface area contributed by atoms with Crippen molar-refractivity contribution < 1.29 is 32.3 Å². The van der Waals surface area contributed by atoms with Crippen molar-refractivity contribution in [3.63, 3.8) is 0 Å². The second-order valence-electron chi connectivity index (χ2n) is 5.42. The topological polar surface area (TPSA) is 84.5 Å². The van der Waals surface area contributed by atoms with Gasteiger partial charge < -0.3 is 15.4 Å². The van der Waals surface area contributed by atoms with Crippen LogP contribution in [-0.4, -0.2) is 30.7 Å². The number of nitrogens with one attached hydrogen (secondary N) is 2. The Balaban J connectivity index is 1.81. The van der Waals surface area contributed by atoms with Gasteiger partial charge >= 0.3 is 0 Å². The third-order valence-electron chi connectivity index (χ3n) is 3.37. The van der Waals surface area contributed by atoms with Gasteiger partial charge in [-0.2, -0.15) is 0 Å². The lowest BCUT2D eigenvalue weighted by Crippen LogP contribution is -2.36. The minimum absolute atomic E-state index is 0.161. The first-order valence-electron chi connectivity index (χ1n) is 7.71. The Hall–Kier alpha value is -3.36. The van der Waals surface area contributed by atoms with Gasteiger partial charge in [-0.05, 0) is 31.2 Å². The lowest BCUT2D eigenvalue weighted by atomic mass is 10.1. The van der Waals surface area contributed by atoms with Crippen LogP contribution in [0, 0.1) is 17.5 Å². The highest BCUT2D eigenvalue weighted by molar-refractivity contribution is 5.95. The van der Waals surface area contributed by atoms with Crippen LogP contribution in [0.2, 0.25) is 0 Å². The summed E-state index contributed by atoms with van der Waals surface area (Å²) in [6.45, 7) is 0.433. The number of hydrogen-bond donors (Lipinski definition) is 2. The van der Waals surface area contributed by atoms with E-state index in [4.69, 9.17) is 4.74 Å². The van der Waals surface area contributed by atoms with E-state index in [0.29, 0.717) is 17.4 Å². The Kier molecular flexibility index (Phi) is 6.53. The van der Waals surface area contributed by atoms with Crippen LogP contribution in [-0.2, 0) is 9.59 Å². The smallest absolute Gasteiger partial charge is 0.258 e. The molecule has 0 spiro atoms. The standard InChI is InChI=1S/C18H15F3N2O4/c1-10(24)11-3-2-4-12(7-11)27-9-16(26)22-8-15(25)23-14-6-5-13(19)17(20)18(14)21/h2-7H,8-9H2,1H3,(H,22,26)(H,23,25). The van der Waals surface area contributed by atoms with Gasteiger partial charge in [-0.1, -0.05) is 12.1 Å². The molecular formula is C18H15F3N2O4. The fraction of sp³-hybridized carbons (Fsp3) is 0.167. The average molecular weight is 380 g/mol. The summed E-state index contributed by atoms with van der Waals surface area (Å²) in [6, 6.07) is 7.73. The van der Waals surface area contributed by atoms with Gasteiger partial charge in [-0.25, -0.2) is 13.2 Å². The second-order valence-corrected chi connectivity index (χ2v) is 5.42. The van der Waals surface area contributed by atoms with Gasteiger partial charge in [-0.15, -0.1) is 0 Å². The van der Waals surface area contributed by atoms with Crippen molar-refractivity contribution in [3.05, 3.63) is 59.4 Å². The van der Waals surface area contributed by atoms with E-state index in [2.05, 4.69) is 5.32 Å². The third kappa shape index (κ3) is 5.56. The molecule has 0 aromatic heterocycles. The summed E-state index contributed by atoms with van der Waals surface area (Å²) in [5, 5.41) is 4.24. The van der Waals surface area contributed by atoms with Crippen LogP contribution in [0.4, 0.5) is 18.9 Å². The minimum atomic E-state index is -1.71. The molecular weight excluding hydrogens is 365 g/mol. The molecule has 6 nitrogen and oxygen atoms in total. The van der Waals surface area contributed by atoms with E-state index in [1.807, 2.05) is 5.32 Å². The number of carbonyl (C=O) groups excluding carboxylic acids is 3. The van der Waals surface area contributed by atoms with E-state index in [1.54, 1.807) is 18.2 Å². The molecule has 142 valence electrons. The van der Waals surface area contributed by atoms with Crippen molar-refractivity contribution in [2.75, 3.05) is 18.5 Å². The lowest BCUT2D eigenvalue weighted by molar-refractivity contribution is -0.125. The number of halogens is 3. The number of ketones is 1. The average Bonchev–Trinajstić information content (AvgIpc) is 2.65. The minimum Gasteiger partial charge on any atom is -0.484 e. The van der Waals surface area contributed by atoms with Gasteiger partial charge in [0.15, 0.2) is 29.8 Å². The number of anilines is 1. The molecule has 0 unspecified atom stereocenters. The van der Waals surface area contributed by atoms with Gasteiger partial charge in [0.05, 0.1) is 12.2 Å². The number of Topliss-reactive ketones (excluding diaryl/α,β-unsaturated/α-hetero) is 1. The number of carbonyl (C=O) groups is 3. The Labute approximate surface area is 152 Å². The summed E-state index contributed by atoms with van der Waals surface area (Å²) in [4.78, 5) is 34.6. The molecule has 27 heavy (non-hydrogen) atoms. The predicted octanol–water partition coefficient (Wildman–Crippen LogP) is 2.44. The van der Waals surface area contributed by atoms with Crippen molar-refractivity contribution in [3.8, 4) is 5.75 Å². The number of ether oxygens (including phenoxy) is 1. The molecule has 0 saturated heterocycles. The van der Waals surface area contributed by atoms with Crippen LogP contribution in [0.3, 0.4) is 0 Å². The van der Waals surface area contributed by atoms with Crippen molar-refractivity contribution >= 4 is 23.3 Å². The Bertz CT molecular complexity index is 887. The summed E-state index contributed by atoms with van der Waals surface area (Å²) in [7, 11) is 0. The maximum atomic E-state index is 13.5. The molecule has 2 rings (SSSR count). The summed E-state index contributed by atoms with van der Waals surface area (Å²) in [5.74, 6) is -5.99. The summed E-state index contributed by atoms with van der Waals surface area (Å²) < 4.78 is 44.6. The highest BCUT2D eigenvalue weighted by atomic mass is 19.2. The van der Waals surface area contributed by atoms with Gasteiger partial charge in [-0.3, -0.25) is 14.4 Å². The van der Waals surface area contributed by atoms with Crippen LogP contribution in [0.15, 0.2) is 36.4 Å². The SMILES string of the molecule is CC(=O)c1cccc(OCC(=O)NCC(=O)Nc2ccc(F)c(F)c2F)c1. The first kappa shape index (κ1) is 20.0. The van der Waals surface area contributed by atoms with Crippen LogP contribution in [0.25, 0.3) is 0 Å². The van der Waals surface area contributed by atoms with Crippen molar-refractivity contribution in [2.24, 2.45) is 0 Å². The highest BCUT2D eigenvalue weighted by Gasteiger charge is 2.15. The third-order valence-corrected chi connectivity index (χ3v) is 3.37. The summed E-state index contributed by atoms with van der Waals surface area (Å²) in [5.41, 5.74) is -0.133. The highest BCUT2D eigenvalue weighted by Crippen LogP contribution is 2.19. The molecule has 0 aliphatic rings. The number of amides is 2. The zero-order chi connectivity index (χ0) is 20.0. The lowest BCUT2D eigenvalue weighted by Gasteiger charge is -2.09. The molecule has 0 bridgehead atoms. The van der Waals surface area contributed by atoms with Crippen molar-refractivity contribution in [1.29, 1.82) is 0 Å². The quantitative estimate of drug-likeness (QED) is 0.571. The van der Waals surface area contributed by atoms with E-state index >= 15 is 0 Å². The van der Waals surface area contributed by atoms with Gasteiger partial charge in [0.1, 0.15) is 5.75 Å². The van der Waals surface area contributed by atoms with Crippen molar-refractivity contribution in [1.82, 2.24) is 5.32 Å². The normalized spacial score (nSPS) is 10.2. The van der Waals surface area contributed by atoms with E-state index in [0.717, 1.165) is 6.07 Å². The molecule has 0 saturated carbocycles. The fourth-order valence-electron chi connectivity index (χ4n) is 2.00. The molecule has 9 heteroatoms. The van der Waals surface area contributed by atoms with Crippen molar-refractivity contribution in [2.45, 2.75) is 6.92 Å². The van der Waals surface area contributed by atoms with Gasteiger partial charge in [0, 0.05) is 5.56 Å². The molecule has 2 aromatic rings. The fourth-order valence-corrected chi connectivity index (χ4v) is 2.00. The zero-order valence-corrected chi connectivity index (χ0v) is 14.1. The largest absolute Gasteiger partial charge is 0.484 e. The van der Waals surface area contributed by atoms with E-state index in [-0.39, 0.29) is 5.78 Å². The first-order valence-corrected chi connectivity index (χ1v) is 7.71. The number of rotatable bonds is 7. The monoisotopic (exact) mass is 380 g/mol. The molecule has 0 atom stereocenters. The molecule has 2 aromatic carbocycles. The maximum Gasteiger partial charge on any atom is 0.258 e. The summed E-state index contributed by atoms with van der Waals surface area (Å²) in [6.07, 6.45) is 0. The van der Waals surface area contributed by atoms with Crippen LogP contribution in [0.1, 0.15) is 17.3 Å². The predicted molar refractivity (Wildman–Crippen MR) is 89.9 cm³/mol. The molecule has 0 radical (unpaired) electrons. The van der Waals surface area contributed by atoms with E-state index < -0.39 is 48.1 Å². The molecule has 0 fully saturated rings. The zero-order valence-electron chi connectivity index (χ0n) is 14.1. The molecule has 2 amide bonds.